The van der Waals surface area contributed by atoms with Gasteiger partial charge in [-0.15, -0.1) is 0 Å². The van der Waals surface area contributed by atoms with E-state index in [0.717, 1.165) is 7.11 Å². The van der Waals surface area contributed by atoms with Gasteiger partial charge in [-0.25, -0.2) is 9.18 Å². The Morgan fingerprint density at radius 1 is 1.47 bits per heavy atom. The first-order chi connectivity index (χ1) is 8.04. The van der Waals surface area contributed by atoms with Crippen molar-refractivity contribution >= 4 is 28.5 Å². The maximum atomic E-state index is 13.9. The Morgan fingerprint density at radius 2 is 2.18 bits per heavy atom. The summed E-state index contributed by atoms with van der Waals surface area (Å²) >= 11 is 5.61. The zero-order valence-corrected chi connectivity index (χ0v) is 9.47. The Kier molecular flexibility index (Phi) is 2.85. The minimum atomic E-state index is -0.830. The van der Waals surface area contributed by atoms with Crippen molar-refractivity contribution in [1.82, 2.24) is 4.98 Å². The van der Waals surface area contributed by atoms with Crippen LogP contribution in [0.3, 0.4) is 0 Å². The van der Waals surface area contributed by atoms with E-state index in [0.29, 0.717) is 5.39 Å². The molecular weight excluding hydrogens is 249 g/mol. The monoisotopic (exact) mass is 255 g/mol. The van der Waals surface area contributed by atoms with Crippen molar-refractivity contribution in [3.8, 4) is 0 Å². The molecule has 88 valence electrons. The maximum absolute atomic E-state index is 13.9. The smallest absolute Gasteiger partial charge is 0.340 e. The van der Waals surface area contributed by atoms with E-state index >= 15 is 0 Å². The van der Waals surface area contributed by atoms with Crippen LogP contribution in [0.25, 0.3) is 10.9 Å². The molecule has 0 aliphatic heterocycles. The molecule has 0 amide bonds. The summed E-state index contributed by atoms with van der Waals surface area (Å²) in [5, 5.41) is 0.363. The molecule has 0 aliphatic carbocycles. The van der Waals surface area contributed by atoms with E-state index in [-0.39, 0.29) is 16.1 Å². The average Bonchev–Trinajstić information content (AvgIpc) is 2.31. The van der Waals surface area contributed by atoms with Gasteiger partial charge < -0.3 is 9.72 Å². The summed E-state index contributed by atoms with van der Waals surface area (Å²) in [6.07, 6.45) is 0. The fourth-order valence-electron chi connectivity index (χ4n) is 1.48. The normalized spacial score (nSPS) is 10.5. The Hall–Kier alpha value is -1.88. The number of esters is 1. The molecule has 0 radical (unpaired) electrons. The summed E-state index contributed by atoms with van der Waals surface area (Å²) in [4.78, 5) is 24.8. The fraction of sp³-hybridized carbons (Fsp3) is 0.0909. The van der Waals surface area contributed by atoms with Crippen LogP contribution in [0.1, 0.15) is 10.4 Å². The first-order valence-electron chi connectivity index (χ1n) is 4.64. The topological polar surface area (TPSA) is 59.2 Å². The van der Waals surface area contributed by atoms with Crippen LogP contribution in [0.5, 0.6) is 0 Å². The molecule has 2 rings (SSSR count). The zero-order chi connectivity index (χ0) is 12.6. The number of pyridine rings is 1. The standard InChI is InChI=1S/C11H7ClFNO3/c1-17-11(16)6-3-2-5-4-7(12)10(15)14-9(5)8(6)13/h2-4H,1H3,(H,14,15). The van der Waals surface area contributed by atoms with Gasteiger partial charge in [-0.05, 0) is 12.1 Å². The number of carbonyl (C=O) groups is 1. The Labute approximate surface area is 100.0 Å². The van der Waals surface area contributed by atoms with Crippen molar-refractivity contribution in [2.24, 2.45) is 0 Å². The van der Waals surface area contributed by atoms with Crippen molar-refractivity contribution in [1.29, 1.82) is 0 Å². The third-order valence-electron chi connectivity index (χ3n) is 2.32. The lowest BCUT2D eigenvalue weighted by Gasteiger charge is -2.04. The molecule has 1 N–H and O–H groups in total. The van der Waals surface area contributed by atoms with E-state index in [1.807, 2.05) is 0 Å². The third-order valence-corrected chi connectivity index (χ3v) is 2.60. The second kappa shape index (κ2) is 4.18. The van der Waals surface area contributed by atoms with Crippen LogP contribution in [0.15, 0.2) is 23.0 Å². The largest absolute Gasteiger partial charge is 0.465 e. The van der Waals surface area contributed by atoms with Crippen LogP contribution < -0.4 is 5.56 Å². The highest BCUT2D eigenvalue weighted by Crippen LogP contribution is 2.20. The molecule has 6 heteroatoms. The predicted octanol–water partition coefficient (Wildman–Crippen LogP) is 2.11. The molecule has 0 bridgehead atoms. The number of fused-ring (bicyclic) bond motifs is 1. The third kappa shape index (κ3) is 1.89. The number of methoxy groups -OCH3 is 1. The Balaban J connectivity index is 2.80. The van der Waals surface area contributed by atoms with Crippen LogP contribution in [0.2, 0.25) is 5.02 Å². The molecule has 0 unspecified atom stereocenters. The molecule has 2 aromatic rings. The van der Waals surface area contributed by atoms with Gasteiger partial charge in [0.1, 0.15) is 5.02 Å². The summed E-state index contributed by atoms with van der Waals surface area (Å²) in [6, 6.07) is 4.09. The SMILES string of the molecule is COC(=O)c1ccc2cc(Cl)c(=O)[nH]c2c1F. The minimum absolute atomic E-state index is 0.0391. The van der Waals surface area contributed by atoms with Gasteiger partial charge in [0.25, 0.3) is 5.56 Å². The molecule has 1 heterocycles. The molecule has 0 fully saturated rings. The summed E-state index contributed by atoms with van der Waals surface area (Å²) in [6.45, 7) is 0. The molecule has 0 spiro atoms. The van der Waals surface area contributed by atoms with Gasteiger partial charge in [0.15, 0.2) is 5.82 Å². The quantitative estimate of drug-likeness (QED) is 0.794. The molecule has 0 atom stereocenters. The van der Waals surface area contributed by atoms with Gasteiger partial charge >= 0.3 is 5.97 Å². The number of aromatic nitrogens is 1. The number of aromatic amines is 1. The van der Waals surface area contributed by atoms with E-state index in [4.69, 9.17) is 11.6 Å². The highest BCUT2D eigenvalue weighted by atomic mass is 35.5. The molecule has 1 aromatic carbocycles. The number of ether oxygens (including phenoxy) is 1. The fourth-order valence-corrected chi connectivity index (χ4v) is 1.65. The summed E-state index contributed by atoms with van der Waals surface area (Å²) in [5.74, 6) is -1.64. The summed E-state index contributed by atoms with van der Waals surface area (Å²) in [5.41, 5.74) is -0.916. The highest BCUT2D eigenvalue weighted by Gasteiger charge is 2.16. The lowest BCUT2D eigenvalue weighted by Crippen LogP contribution is -2.10. The van der Waals surface area contributed by atoms with E-state index in [1.54, 1.807) is 0 Å². The summed E-state index contributed by atoms with van der Waals surface area (Å²) < 4.78 is 18.3. The predicted molar refractivity (Wildman–Crippen MR) is 60.9 cm³/mol. The number of hydrogen-bond acceptors (Lipinski definition) is 3. The molecule has 1 aromatic heterocycles. The molecule has 0 aliphatic rings. The number of benzene rings is 1. The zero-order valence-electron chi connectivity index (χ0n) is 8.71. The van der Waals surface area contributed by atoms with Crippen molar-refractivity contribution in [2.75, 3.05) is 7.11 Å². The van der Waals surface area contributed by atoms with Crippen molar-refractivity contribution in [2.45, 2.75) is 0 Å². The maximum Gasteiger partial charge on any atom is 0.340 e. The molecule has 0 saturated carbocycles. The number of hydrogen-bond donors (Lipinski definition) is 1. The van der Waals surface area contributed by atoms with E-state index < -0.39 is 17.3 Å². The van der Waals surface area contributed by atoms with E-state index in [9.17, 15) is 14.0 Å². The lowest BCUT2D eigenvalue weighted by molar-refractivity contribution is 0.0596. The van der Waals surface area contributed by atoms with Gasteiger partial charge in [-0.1, -0.05) is 17.7 Å². The minimum Gasteiger partial charge on any atom is -0.465 e. The first kappa shape index (κ1) is 11.6. The van der Waals surface area contributed by atoms with Gasteiger partial charge in [0, 0.05) is 5.39 Å². The van der Waals surface area contributed by atoms with E-state index in [1.165, 1.54) is 18.2 Å². The number of H-pyrrole nitrogens is 1. The number of halogens is 2. The molecular formula is C11H7ClFNO3. The van der Waals surface area contributed by atoms with Crippen LogP contribution in [0.4, 0.5) is 4.39 Å². The lowest BCUT2D eigenvalue weighted by atomic mass is 10.1. The van der Waals surface area contributed by atoms with Crippen molar-refractivity contribution < 1.29 is 13.9 Å². The molecule has 17 heavy (non-hydrogen) atoms. The second-order valence-electron chi connectivity index (χ2n) is 3.33. The van der Waals surface area contributed by atoms with Gasteiger partial charge in [0.05, 0.1) is 18.2 Å². The van der Waals surface area contributed by atoms with Gasteiger partial charge in [0.2, 0.25) is 0 Å². The number of rotatable bonds is 1. The molecule has 4 nitrogen and oxygen atoms in total. The highest BCUT2D eigenvalue weighted by molar-refractivity contribution is 6.31. The number of nitrogens with one attached hydrogen (secondary N) is 1. The Morgan fingerprint density at radius 3 is 2.82 bits per heavy atom. The first-order valence-corrected chi connectivity index (χ1v) is 5.01. The number of carbonyl (C=O) groups excluding carboxylic acids is 1. The Bertz CT molecular complexity index is 666. The van der Waals surface area contributed by atoms with Crippen molar-refractivity contribution in [3.05, 3.63) is 45.0 Å². The van der Waals surface area contributed by atoms with Gasteiger partial charge in [-0.2, -0.15) is 0 Å². The van der Waals surface area contributed by atoms with Crippen LogP contribution in [-0.4, -0.2) is 18.1 Å². The van der Waals surface area contributed by atoms with Crippen molar-refractivity contribution in [3.63, 3.8) is 0 Å². The van der Waals surface area contributed by atoms with Crippen LogP contribution in [0, 0.1) is 5.82 Å². The van der Waals surface area contributed by atoms with Crippen LogP contribution in [-0.2, 0) is 4.74 Å². The second-order valence-corrected chi connectivity index (χ2v) is 3.74. The summed E-state index contributed by atoms with van der Waals surface area (Å²) in [7, 11) is 1.15. The van der Waals surface area contributed by atoms with E-state index in [2.05, 4.69) is 9.72 Å². The average molecular weight is 256 g/mol. The molecule has 0 saturated heterocycles. The van der Waals surface area contributed by atoms with Crippen LogP contribution >= 0.6 is 11.6 Å². The van der Waals surface area contributed by atoms with Gasteiger partial charge in [-0.3, -0.25) is 4.79 Å².